The maximum atomic E-state index is 11.4. The zero-order chi connectivity index (χ0) is 11.9. The molecule has 0 saturated carbocycles. The van der Waals surface area contributed by atoms with Crippen LogP contribution in [0.15, 0.2) is 22.4 Å². The van der Waals surface area contributed by atoms with Crippen LogP contribution < -0.4 is 4.74 Å². The quantitative estimate of drug-likeness (QED) is 0.792. The van der Waals surface area contributed by atoms with Crippen molar-refractivity contribution in [3.8, 4) is 5.75 Å². The van der Waals surface area contributed by atoms with Gasteiger partial charge in [-0.3, -0.25) is 0 Å². The van der Waals surface area contributed by atoms with Crippen molar-refractivity contribution >= 4 is 41.2 Å². The first-order valence-electron chi connectivity index (χ1n) is 4.46. The molecule has 0 spiro atoms. The molecule has 0 unspecified atom stereocenters. The molecule has 3 nitrogen and oxygen atoms in total. The molecule has 0 aliphatic heterocycles. The van der Waals surface area contributed by atoms with Crippen LogP contribution in [0.5, 0.6) is 5.75 Å². The predicted octanol–water partition coefficient (Wildman–Crippen LogP) is 3.15. The number of fused-ring (bicyclic) bond motifs is 1. The van der Waals surface area contributed by atoms with Crippen molar-refractivity contribution in [3.05, 3.63) is 23.8 Å². The minimum absolute atomic E-state index is 0.189. The van der Waals surface area contributed by atoms with Crippen LogP contribution in [0.25, 0.3) is 10.1 Å². The summed E-state index contributed by atoms with van der Waals surface area (Å²) in [5, 5.41) is 0.864. The first-order valence-corrected chi connectivity index (χ1v) is 7.58. The zero-order valence-electron chi connectivity index (χ0n) is 8.65. The molecular formula is C10H9ClO3S2. The summed E-state index contributed by atoms with van der Waals surface area (Å²) in [4.78, 5) is 0. The summed E-state index contributed by atoms with van der Waals surface area (Å²) in [5.74, 6) is 0.664. The lowest BCUT2D eigenvalue weighted by molar-refractivity contribution is 0.420. The first kappa shape index (κ1) is 11.7. The van der Waals surface area contributed by atoms with E-state index in [2.05, 4.69) is 0 Å². The lowest BCUT2D eigenvalue weighted by Crippen LogP contribution is -1.87. The number of ether oxygens (including phenoxy) is 1. The highest BCUT2D eigenvalue weighted by Gasteiger charge is 2.20. The van der Waals surface area contributed by atoms with Gasteiger partial charge in [0.1, 0.15) is 9.96 Å². The number of hydrogen-bond acceptors (Lipinski definition) is 4. The summed E-state index contributed by atoms with van der Waals surface area (Å²) in [5.41, 5.74) is 0.675. The summed E-state index contributed by atoms with van der Waals surface area (Å²) in [6.45, 7) is 1.74. The summed E-state index contributed by atoms with van der Waals surface area (Å²) >= 11 is 1.14. The summed E-state index contributed by atoms with van der Waals surface area (Å²) < 4.78 is 28.9. The van der Waals surface area contributed by atoms with Crippen molar-refractivity contribution in [3.63, 3.8) is 0 Å². The molecule has 6 heteroatoms. The van der Waals surface area contributed by atoms with Crippen LogP contribution in [0.2, 0.25) is 0 Å². The van der Waals surface area contributed by atoms with Crippen LogP contribution >= 0.6 is 22.0 Å². The van der Waals surface area contributed by atoms with Gasteiger partial charge in [-0.2, -0.15) is 0 Å². The Hall–Kier alpha value is -0.780. The van der Waals surface area contributed by atoms with Crippen molar-refractivity contribution in [1.82, 2.24) is 0 Å². The summed E-state index contributed by atoms with van der Waals surface area (Å²) in [6.07, 6.45) is 0. The molecule has 0 bridgehead atoms. The molecule has 86 valence electrons. The third kappa shape index (κ3) is 1.79. The van der Waals surface area contributed by atoms with Crippen LogP contribution in [-0.4, -0.2) is 15.5 Å². The standard InChI is InChI=1S/C10H9ClO3S2/c1-6-7-4-3-5-8(14-2)9(7)15-10(6)16(11,12)13/h3-5H,1-2H3. The maximum absolute atomic E-state index is 11.4. The topological polar surface area (TPSA) is 43.4 Å². The Kier molecular flexibility index (Phi) is 2.86. The van der Waals surface area contributed by atoms with Gasteiger partial charge in [-0.05, 0) is 18.6 Å². The van der Waals surface area contributed by atoms with E-state index in [4.69, 9.17) is 15.4 Å². The Labute approximate surface area is 102 Å². The van der Waals surface area contributed by atoms with Gasteiger partial charge in [-0.1, -0.05) is 12.1 Å². The van der Waals surface area contributed by atoms with E-state index < -0.39 is 9.05 Å². The second-order valence-corrected chi connectivity index (χ2v) is 7.07. The monoisotopic (exact) mass is 276 g/mol. The molecule has 0 N–H and O–H groups in total. The summed E-state index contributed by atoms with van der Waals surface area (Å²) in [7, 11) is 3.24. The van der Waals surface area contributed by atoms with Crippen molar-refractivity contribution in [1.29, 1.82) is 0 Å². The van der Waals surface area contributed by atoms with Gasteiger partial charge in [0.25, 0.3) is 9.05 Å². The molecule has 0 radical (unpaired) electrons. The molecule has 1 heterocycles. The zero-order valence-corrected chi connectivity index (χ0v) is 11.0. The molecule has 2 aromatic rings. The molecule has 0 aliphatic carbocycles. The van der Waals surface area contributed by atoms with E-state index in [1.165, 1.54) is 0 Å². The Morgan fingerprint density at radius 1 is 1.38 bits per heavy atom. The normalized spacial score (nSPS) is 11.9. The maximum Gasteiger partial charge on any atom is 0.271 e. The third-order valence-electron chi connectivity index (χ3n) is 2.33. The predicted molar refractivity (Wildman–Crippen MR) is 66.2 cm³/mol. The molecular weight excluding hydrogens is 268 g/mol. The van der Waals surface area contributed by atoms with Gasteiger partial charge in [0.2, 0.25) is 0 Å². The van der Waals surface area contributed by atoms with E-state index in [0.29, 0.717) is 11.3 Å². The van der Waals surface area contributed by atoms with Gasteiger partial charge in [0, 0.05) is 16.1 Å². The highest BCUT2D eigenvalue weighted by molar-refractivity contribution is 8.15. The molecule has 2 rings (SSSR count). The first-order chi connectivity index (χ1) is 7.45. The van der Waals surface area contributed by atoms with E-state index in [0.717, 1.165) is 21.4 Å². The van der Waals surface area contributed by atoms with Crippen LogP contribution in [0.3, 0.4) is 0 Å². The number of rotatable bonds is 2. The van der Waals surface area contributed by atoms with Gasteiger partial charge in [-0.15, -0.1) is 11.3 Å². The van der Waals surface area contributed by atoms with Gasteiger partial charge in [-0.25, -0.2) is 8.42 Å². The van der Waals surface area contributed by atoms with Gasteiger partial charge in [0.15, 0.2) is 0 Å². The number of aryl methyl sites for hydroxylation is 1. The Balaban J connectivity index is 2.88. The lowest BCUT2D eigenvalue weighted by atomic mass is 10.2. The highest BCUT2D eigenvalue weighted by atomic mass is 35.7. The minimum atomic E-state index is -3.69. The number of benzene rings is 1. The smallest absolute Gasteiger partial charge is 0.271 e. The minimum Gasteiger partial charge on any atom is -0.495 e. The molecule has 1 aromatic heterocycles. The molecule has 0 atom stereocenters. The fourth-order valence-electron chi connectivity index (χ4n) is 1.59. The molecule has 0 amide bonds. The van der Waals surface area contributed by atoms with Crippen molar-refractivity contribution < 1.29 is 13.2 Å². The van der Waals surface area contributed by atoms with E-state index in [1.807, 2.05) is 12.1 Å². The van der Waals surface area contributed by atoms with E-state index in [9.17, 15) is 8.42 Å². The average Bonchev–Trinajstić information content (AvgIpc) is 2.56. The number of halogens is 1. The SMILES string of the molecule is COc1cccc2c(C)c(S(=O)(=O)Cl)sc12. The van der Waals surface area contributed by atoms with Crippen LogP contribution in [-0.2, 0) is 9.05 Å². The average molecular weight is 277 g/mol. The fraction of sp³-hybridized carbons (Fsp3) is 0.200. The van der Waals surface area contributed by atoms with Crippen molar-refractivity contribution in [2.75, 3.05) is 7.11 Å². The number of hydrogen-bond donors (Lipinski definition) is 0. The van der Waals surface area contributed by atoms with E-state index in [-0.39, 0.29) is 4.21 Å². The van der Waals surface area contributed by atoms with Gasteiger partial charge < -0.3 is 4.74 Å². The van der Waals surface area contributed by atoms with E-state index in [1.54, 1.807) is 20.1 Å². The van der Waals surface area contributed by atoms with Gasteiger partial charge >= 0.3 is 0 Å². The van der Waals surface area contributed by atoms with E-state index >= 15 is 0 Å². The Morgan fingerprint density at radius 2 is 2.06 bits per heavy atom. The summed E-state index contributed by atoms with van der Waals surface area (Å²) in [6, 6.07) is 5.48. The van der Waals surface area contributed by atoms with Crippen molar-refractivity contribution in [2.24, 2.45) is 0 Å². The third-order valence-corrected chi connectivity index (χ3v) is 5.84. The highest BCUT2D eigenvalue weighted by Crippen LogP contribution is 2.40. The Bertz CT molecular complexity index is 643. The van der Waals surface area contributed by atoms with Crippen LogP contribution in [0, 0.1) is 6.92 Å². The lowest BCUT2D eigenvalue weighted by Gasteiger charge is -1.99. The fourth-order valence-corrected chi connectivity index (χ4v) is 4.37. The molecule has 1 aromatic carbocycles. The second kappa shape index (κ2) is 3.91. The van der Waals surface area contributed by atoms with Gasteiger partial charge in [0.05, 0.1) is 11.8 Å². The molecule has 0 fully saturated rings. The van der Waals surface area contributed by atoms with Crippen LogP contribution in [0.1, 0.15) is 5.56 Å². The van der Waals surface area contributed by atoms with Crippen LogP contribution in [0.4, 0.5) is 0 Å². The number of thiophene rings is 1. The largest absolute Gasteiger partial charge is 0.495 e. The second-order valence-electron chi connectivity index (χ2n) is 3.29. The Morgan fingerprint density at radius 3 is 2.62 bits per heavy atom. The molecule has 0 saturated heterocycles. The van der Waals surface area contributed by atoms with Crippen molar-refractivity contribution in [2.45, 2.75) is 11.1 Å². The molecule has 0 aliphatic rings. The number of methoxy groups -OCH3 is 1. The molecule has 16 heavy (non-hydrogen) atoms.